The number of nitrogens with zero attached hydrogens (tertiary/aromatic N) is 2. The fraction of sp³-hybridized carbons (Fsp3) is 0.410. The predicted octanol–water partition coefficient (Wildman–Crippen LogP) is 7.37. The monoisotopic (exact) mass is 637 g/mol. The number of carbonyl (C=O) groups is 1. The third-order valence-corrected chi connectivity index (χ3v) is 11.9. The fourth-order valence-corrected chi connectivity index (χ4v) is 8.92. The maximum Gasteiger partial charge on any atom is 0.241 e. The molecule has 6 nitrogen and oxygen atoms in total. The van der Waals surface area contributed by atoms with E-state index in [4.69, 9.17) is 0 Å². The third kappa shape index (κ3) is 7.71. The van der Waals surface area contributed by atoms with Crippen LogP contribution in [0.3, 0.4) is 0 Å². The van der Waals surface area contributed by atoms with Gasteiger partial charge < -0.3 is 4.90 Å². The van der Waals surface area contributed by atoms with Crippen LogP contribution in [0.5, 0.6) is 0 Å². The highest BCUT2D eigenvalue weighted by atomic mass is 32.2. The molecule has 1 N–H and O–H groups in total. The number of fused-ring (bicyclic) bond motifs is 1. The van der Waals surface area contributed by atoms with Crippen molar-refractivity contribution in [3.05, 3.63) is 114 Å². The van der Waals surface area contributed by atoms with Crippen LogP contribution in [0.1, 0.15) is 68.5 Å². The van der Waals surface area contributed by atoms with E-state index in [1.54, 1.807) is 12.1 Å². The number of sulfonamides is 1. The summed E-state index contributed by atoms with van der Waals surface area (Å²) in [5.74, 6) is 0.404. The number of rotatable bonds is 12. The lowest BCUT2D eigenvalue weighted by Gasteiger charge is -2.47. The highest BCUT2D eigenvalue weighted by Crippen LogP contribution is 2.42. The Morgan fingerprint density at radius 3 is 2.20 bits per heavy atom. The molecule has 2 aliphatic rings. The number of amides is 1. The maximum atomic E-state index is 13.7. The second kappa shape index (κ2) is 14.5. The van der Waals surface area contributed by atoms with Gasteiger partial charge in [-0.1, -0.05) is 91.0 Å². The van der Waals surface area contributed by atoms with E-state index in [0.717, 1.165) is 35.6 Å². The van der Waals surface area contributed by atoms with Gasteiger partial charge in [0.25, 0.3) is 0 Å². The normalized spacial score (nSPS) is 21.3. The summed E-state index contributed by atoms with van der Waals surface area (Å²) in [7, 11) is -1.99. The van der Waals surface area contributed by atoms with Gasteiger partial charge in [-0.05, 0) is 104 Å². The second-order valence-electron chi connectivity index (χ2n) is 13.4. The van der Waals surface area contributed by atoms with E-state index in [9.17, 15) is 13.2 Å². The number of nitrogens with one attached hydrogen (secondary N) is 1. The number of benzene rings is 4. The van der Waals surface area contributed by atoms with Gasteiger partial charge in [0.2, 0.25) is 15.9 Å². The summed E-state index contributed by atoms with van der Waals surface area (Å²) in [5, 5.41) is 1.84. The first-order valence-corrected chi connectivity index (χ1v) is 18.4. The molecule has 1 heterocycles. The molecule has 0 aromatic heterocycles. The van der Waals surface area contributed by atoms with Gasteiger partial charge >= 0.3 is 0 Å². The van der Waals surface area contributed by atoms with Crippen molar-refractivity contribution in [2.75, 3.05) is 26.7 Å². The first-order chi connectivity index (χ1) is 22.3. The summed E-state index contributed by atoms with van der Waals surface area (Å²) >= 11 is 0. The first-order valence-electron chi connectivity index (χ1n) is 16.9. The van der Waals surface area contributed by atoms with Crippen LogP contribution in [0.4, 0.5) is 0 Å². The van der Waals surface area contributed by atoms with Gasteiger partial charge in [0.05, 0.1) is 10.9 Å². The Kier molecular flexibility index (Phi) is 10.2. The average Bonchev–Trinajstić information content (AvgIpc) is 3.64. The number of likely N-dealkylation sites (tertiary alicyclic amines) is 1. The molecule has 4 aromatic carbocycles. The Morgan fingerprint density at radius 2 is 1.50 bits per heavy atom. The van der Waals surface area contributed by atoms with Gasteiger partial charge in [-0.3, -0.25) is 9.69 Å². The minimum Gasteiger partial charge on any atom is -0.345 e. The molecule has 0 spiro atoms. The molecule has 1 aliphatic heterocycles. The SMILES string of the molecule is CN(CC1CCC(CCc2ccccc2)(N2CCCC2)CC1)C(=O)CC(NS(=O)(=O)c1ccc2ccccc2c1)c1ccccc1. The number of aryl methyl sites for hydroxylation is 1. The van der Waals surface area contributed by atoms with E-state index in [1.807, 2.05) is 72.6 Å². The summed E-state index contributed by atoms with van der Waals surface area (Å²) < 4.78 is 30.1. The van der Waals surface area contributed by atoms with Crippen LogP contribution in [-0.2, 0) is 21.2 Å². The first kappa shape index (κ1) is 32.4. The van der Waals surface area contributed by atoms with Crippen LogP contribution < -0.4 is 4.72 Å². The van der Waals surface area contributed by atoms with E-state index in [-0.39, 0.29) is 22.8 Å². The number of hydrogen-bond donors (Lipinski definition) is 1. The molecule has 1 unspecified atom stereocenters. The smallest absolute Gasteiger partial charge is 0.241 e. The van der Waals surface area contributed by atoms with Crippen molar-refractivity contribution in [1.82, 2.24) is 14.5 Å². The van der Waals surface area contributed by atoms with Crippen LogP contribution in [-0.4, -0.2) is 56.3 Å². The van der Waals surface area contributed by atoms with Gasteiger partial charge in [0, 0.05) is 25.6 Å². The molecule has 6 rings (SSSR count). The summed E-state index contributed by atoms with van der Waals surface area (Å²) in [6.45, 7) is 3.11. The van der Waals surface area contributed by atoms with Gasteiger partial charge in [-0.2, -0.15) is 0 Å². The molecular weight excluding hydrogens is 591 g/mol. The lowest BCUT2D eigenvalue weighted by Crippen LogP contribution is -2.50. The Bertz CT molecular complexity index is 1700. The molecule has 0 bridgehead atoms. The van der Waals surface area contributed by atoms with E-state index < -0.39 is 16.1 Å². The van der Waals surface area contributed by atoms with Crippen molar-refractivity contribution in [2.45, 2.75) is 74.3 Å². The van der Waals surface area contributed by atoms with Gasteiger partial charge in [-0.15, -0.1) is 0 Å². The molecule has 0 radical (unpaired) electrons. The Hall–Kier alpha value is -3.52. The Balaban J connectivity index is 1.10. The zero-order chi connectivity index (χ0) is 32.0. The largest absolute Gasteiger partial charge is 0.345 e. The molecular formula is C39H47N3O3S. The van der Waals surface area contributed by atoms with Crippen LogP contribution in [0, 0.1) is 5.92 Å². The standard InChI is InChI=1S/C39H47N3O3S/c1-41(30-32-21-24-39(25-22-32,42-26-10-11-27-42)23-20-31-12-4-2-5-13-31)38(43)29-37(34-15-6-3-7-16-34)40-46(44,45)36-19-18-33-14-8-9-17-35(33)28-36/h2-9,12-19,28,32,37,40H,10-11,20-27,29-30H2,1H3. The van der Waals surface area contributed by atoms with Crippen LogP contribution >= 0.6 is 0 Å². The average molecular weight is 638 g/mol. The molecule has 1 amide bonds. The van der Waals surface area contributed by atoms with E-state index in [0.29, 0.717) is 12.5 Å². The molecule has 1 atom stereocenters. The zero-order valence-corrected chi connectivity index (χ0v) is 27.8. The highest BCUT2D eigenvalue weighted by molar-refractivity contribution is 7.89. The summed E-state index contributed by atoms with van der Waals surface area (Å²) in [4.78, 5) is 18.5. The van der Waals surface area contributed by atoms with E-state index >= 15 is 0 Å². The van der Waals surface area contributed by atoms with Crippen LogP contribution in [0.25, 0.3) is 10.8 Å². The van der Waals surface area contributed by atoms with Crippen molar-refractivity contribution in [3.63, 3.8) is 0 Å². The van der Waals surface area contributed by atoms with Crippen LogP contribution in [0.2, 0.25) is 0 Å². The second-order valence-corrected chi connectivity index (χ2v) is 15.1. The Morgan fingerprint density at radius 1 is 0.870 bits per heavy atom. The molecule has 1 saturated heterocycles. The molecule has 46 heavy (non-hydrogen) atoms. The van der Waals surface area contributed by atoms with E-state index in [2.05, 4.69) is 40.0 Å². The highest BCUT2D eigenvalue weighted by Gasteiger charge is 2.41. The van der Waals surface area contributed by atoms with Crippen LogP contribution in [0.15, 0.2) is 108 Å². The number of hydrogen-bond acceptors (Lipinski definition) is 4. The predicted molar refractivity (Wildman–Crippen MR) is 186 cm³/mol. The molecule has 7 heteroatoms. The molecule has 1 aliphatic carbocycles. The minimum absolute atomic E-state index is 0.0458. The van der Waals surface area contributed by atoms with Gasteiger partial charge in [0.1, 0.15) is 0 Å². The molecule has 1 saturated carbocycles. The molecule has 242 valence electrons. The summed E-state index contributed by atoms with van der Waals surface area (Å²) in [6.07, 6.45) is 9.51. The lowest BCUT2D eigenvalue weighted by molar-refractivity contribution is -0.131. The fourth-order valence-electron chi connectivity index (χ4n) is 7.66. The summed E-state index contributed by atoms with van der Waals surface area (Å²) in [6, 6.07) is 32.5. The van der Waals surface area contributed by atoms with Crippen molar-refractivity contribution < 1.29 is 13.2 Å². The van der Waals surface area contributed by atoms with Crippen molar-refractivity contribution in [1.29, 1.82) is 0 Å². The van der Waals surface area contributed by atoms with E-state index in [1.165, 1.54) is 50.8 Å². The Labute approximate surface area is 274 Å². The molecule has 2 fully saturated rings. The topological polar surface area (TPSA) is 69.7 Å². The zero-order valence-electron chi connectivity index (χ0n) is 27.0. The van der Waals surface area contributed by atoms with Crippen molar-refractivity contribution in [2.24, 2.45) is 5.92 Å². The third-order valence-electron chi connectivity index (χ3n) is 10.4. The number of carbonyl (C=O) groups excluding carboxylic acids is 1. The quantitative estimate of drug-likeness (QED) is 0.176. The lowest BCUT2D eigenvalue weighted by atomic mass is 9.72. The van der Waals surface area contributed by atoms with Gasteiger partial charge in [-0.25, -0.2) is 13.1 Å². The maximum absolute atomic E-state index is 13.7. The van der Waals surface area contributed by atoms with Gasteiger partial charge in [0.15, 0.2) is 0 Å². The van der Waals surface area contributed by atoms with Crippen molar-refractivity contribution in [3.8, 4) is 0 Å². The van der Waals surface area contributed by atoms with Crippen molar-refractivity contribution >= 4 is 26.7 Å². The molecule has 4 aromatic rings. The minimum atomic E-state index is -3.87. The summed E-state index contributed by atoms with van der Waals surface area (Å²) in [5.41, 5.74) is 2.45.